The van der Waals surface area contributed by atoms with Gasteiger partial charge in [0.05, 0.1) is 28.5 Å². The molecule has 0 spiro atoms. The third-order valence-electron chi connectivity index (χ3n) is 3.39. The van der Waals surface area contributed by atoms with Crippen molar-refractivity contribution >= 4 is 9.84 Å². The number of benzene rings is 1. The van der Waals surface area contributed by atoms with Crippen LogP contribution in [0.1, 0.15) is 22.8 Å². The second-order valence-electron chi connectivity index (χ2n) is 4.88. The molecule has 1 N–H and O–H groups in total. The van der Waals surface area contributed by atoms with Crippen LogP contribution >= 0.6 is 0 Å². The number of nitrogens with zero attached hydrogens (tertiary/aromatic N) is 3. The molecule has 0 aliphatic carbocycles. The Balaban J connectivity index is 2.11. The van der Waals surface area contributed by atoms with E-state index in [0.717, 1.165) is 0 Å². The Morgan fingerprint density at radius 1 is 1.26 bits per heavy atom. The number of rotatable bonds is 2. The van der Waals surface area contributed by atoms with E-state index in [1.807, 2.05) is 12.1 Å². The molecule has 0 saturated heterocycles. The molecule has 23 heavy (non-hydrogen) atoms. The Morgan fingerprint density at radius 3 is 2.74 bits per heavy atom. The maximum atomic E-state index is 11.9. The van der Waals surface area contributed by atoms with Gasteiger partial charge < -0.3 is 9.84 Å². The maximum absolute atomic E-state index is 11.9. The van der Waals surface area contributed by atoms with Crippen LogP contribution in [0.2, 0.25) is 0 Å². The first-order valence-corrected chi connectivity index (χ1v) is 8.12. The van der Waals surface area contributed by atoms with Gasteiger partial charge in [-0.3, -0.25) is 4.98 Å². The summed E-state index contributed by atoms with van der Waals surface area (Å²) in [7, 11) is -3.60. The van der Waals surface area contributed by atoms with Crippen molar-refractivity contribution in [3.63, 3.8) is 0 Å². The van der Waals surface area contributed by atoms with Crippen molar-refractivity contribution in [1.82, 2.24) is 4.98 Å². The number of ether oxygens (including phenoxy) is 1. The van der Waals surface area contributed by atoms with Crippen LogP contribution in [-0.2, 0) is 9.84 Å². The average Bonchev–Trinajstić information content (AvgIpc) is 2.77. The van der Waals surface area contributed by atoms with Crippen LogP contribution in [0.4, 0.5) is 0 Å². The molecule has 7 nitrogen and oxygen atoms in total. The Hall–Kier alpha value is -2.94. The van der Waals surface area contributed by atoms with E-state index in [1.165, 1.54) is 30.6 Å². The summed E-state index contributed by atoms with van der Waals surface area (Å²) in [5.74, 6) is -0.124. The minimum absolute atomic E-state index is 0.0431. The molecule has 114 valence electrons. The fraction of sp³-hybridized carbons (Fsp3) is 0.133. The first-order valence-electron chi connectivity index (χ1n) is 6.47. The topological polar surface area (TPSA) is 124 Å². The number of hydrogen-bond donors (Lipinski definition) is 1. The molecule has 0 fully saturated rings. The van der Waals surface area contributed by atoms with Gasteiger partial charge in [-0.25, -0.2) is 8.42 Å². The highest BCUT2D eigenvalue weighted by Gasteiger charge is 2.37. The van der Waals surface area contributed by atoms with Crippen molar-refractivity contribution < 1.29 is 18.3 Å². The number of sulfone groups is 1. The first kappa shape index (κ1) is 15.0. The van der Waals surface area contributed by atoms with Crippen LogP contribution in [0.3, 0.4) is 0 Å². The summed E-state index contributed by atoms with van der Waals surface area (Å²) in [5, 5.41) is 28.2. The van der Waals surface area contributed by atoms with Gasteiger partial charge in [0.1, 0.15) is 29.2 Å². The molecule has 1 aromatic carbocycles. The van der Waals surface area contributed by atoms with Gasteiger partial charge in [0.15, 0.2) is 9.84 Å². The van der Waals surface area contributed by atoms with Crippen LogP contribution in [0.15, 0.2) is 35.5 Å². The van der Waals surface area contributed by atoms with Crippen molar-refractivity contribution in [2.45, 2.75) is 11.0 Å². The number of fused-ring (bicyclic) bond motifs is 1. The molecule has 1 aromatic heterocycles. The Morgan fingerprint density at radius 2 is 2.04 bits per heavy atom. The molecule has 0 unspecified atom stereocenters. The highest BCUT2D eigenvalue weighted by atomic mass is 32.2. The maximum Gasteiger partial charge on any atom is 0.181 e. The second-order valence-corrected chi connectivity index (χ2v) is 6.89. The SMILES string of the molecule is N#Cc1cncc(Oc2ccc3c(c2C#N)[C@@H](O)CS3(=O)=O)c1. The smallest absolute Gasteiger partial charge is 0.181 e. The third-order valence-corrected chi connectivity index (χ3v) is 5.18. The first-order chi connectivity index (χ1) is 11.0. The van der Waals surface area contributed by atoms with Crippen LogP contribution in [-0.4, -0.2) is 24.3 Å². The van der Waals surface area contributed by atoms with Crippen molar-refractivity contribution in [3.8, 4) is 23.6 Å². The number of pyridine rings is 1. The molecule has 0 bridgehead atoms. The zero-order valence-corrected chi connectivity index (χ0v) is 12.4. The molecule has 0 radical (unpaired) electrons. The molecular formula is C15H9N3O4S. The van der Waals surface area contributed by atoms with Gasteiger partial charge in [0.25, 0.3) is 0 Å². The van der Waals surface area contributed by atoms with Crippen LogP contribution < -0.4 is 4.74 Å². The molecule has 0 saturated carbocycles. The van der Waals surface area contributed by atoms with E-state index in [0.29, 0.717) is 0 Å². The summed E-state index contributed by atoms with van der Waals surface area (Å²) in [6.07, 6.45) is 1.45. The zero-order valence-electron chi connectivity index (χ0n) is 11.6. The van der Waals surface area contributed by atoms with Gasteiger partial charge in [0.2, 0.25) is 0 Å². The van der Waals surface area contributed by atoms with E-state index >= 15 is 0 Å². The average molecular weight is 327 g/mol. The van der Waals surface area contributed by atoms with E-state index in [-0.39, 0.29) is 33.1 Å². The standard InChI is InChI=1S/C15H9N3O4S/c16-4-9-3-10(7-18-6-9)22-13-1-2-14-15(11(13)5-17)12(19)8-23(14,20)21/h1-3,6-7,12,19H,8H2/t12-/m0/s1. The number of aliphatic hydroxyl groups excluding tert-OH is 1. The van der Waals surface area contributed by atoms with Crippen molar-refractivity contribution in [2.75, 3.05) is 5.75 Å². The lowest BCUT2D eigenvalue weighted by molar-refractivity contribution is 0.203. The molecule has 2 heterocycles. The molecule has 2 aromatic rings. The number of aromatic nitrogens is 1. The van der Waals surface area contributed by atoms with E-state index < -0.39 is 21.7 Å². The Bertz CT molecular complexity index is 987. The lowest BCUT2D eigenvalue weighted by Crippen LogP contribution is -2.02. The summed E-state index contributed by atoms with van der Waals surface area (Å²) in [6.45, 7) is 0. The van der Waals surface area contributed by atoms with Crippen LogP contribution in [0.5, 0.6) is 11.5 Å². The normalized spacial score (nSPS) is 17.8. The number of aliphatic hydroxyl groups is 1. The molecule has 0 amide bonds. The van der Waals surface area contributed by atoms with Gasteiger partial charge in [-0.1, -0.05) is 0 Å². The monoisotopic (exact) mass is 327 g/mol. The van der Waals surface area contributed by atoms with Gasteiger partial charge >= 0.3 is 0 Å². The highest BCUT2D eigenvalue weighted by Crippen LogP contribution is 2.40. The van der Waals surface area contributed by atoms with E-state index in [2.05, 4.69) is 4.98 Å². The molecular weight excluding hydrogens is 318 g/mol. The largest absolute Gasteiger partial charge is 0.454 e. The molecule has 1 aliphatic rings. The molecule has 1 aliphatic heterocycles. The van der Waals surface area contributed by atoms with E-state index in [4.69, 9.17) is 10.00 Å². The van der Waals surface area contributed by atoms with Crippen molar-refractivity contribution in [3.05, 3.63) is 47.3 Å². The molecule has 1 atom stereocenters. The van der Waals surface area contributed by atoms with Crippen molar-refractivity contribution in [2.24, 2.45) is 0 Å². The summed E-state index contributed by atoms with van der Waals surface area (Å²) < 4.78 is 29.4. The number of hydrogen-bond acceptors (Lipinski definition) is 7. The minimum atomic E-state index is -3.60. The van der Waals surface area contributed by atoms with E-state index in [9.17, 15) is 18.8 Å². The third kappa shape index (κ3) is 2.50. The Kier molecular flexibility index (Phi) is 3.49. The summed E-state index contributed by atoms with van der Waals surface area (Å²) in [4.78, 5) is 3.78. The van der Waals surface area contributed by atoms with Crippen LogP contribution in [0.25, 0.3) is 0 Å². The second kappa shape index (κ2) is 5.36. The van der Waals surface area contributed by atoms with E-state index in [1.54, 1.807) is 0 Å². The van der Waals surface area contributed by atoms with Gasteiger partial charge in [-0.05, 0) is 12.1 Å². The highest BCUT2D eigenvalue weighted by molar-refractivity contribution is 7.91. The molecule has 3 rings (SSSR count). The van der Waals surface area contributed by atoms with Gasteiger partial charge in [-0.15, -0.1) is 0 Å². The lowest BCUT2D eigenvalue weighted by atomic mass is 10.0. The number of nitriles is 2. The van der Waals surface area contributed by atoms with Crippen molar-refractivity contribution in [1.29, 1.82) is 10.5 Å². The van der Waals surface area contributed by atoms with Gasteiger partial charge in [-0.2, -0.15) is 10.5 Å². The Labute approximate surface area is 131 Å². The zero-order chi connectivity index (χ0) is 16.6. The fourth-order valence-electron chi connectivity index (χ4n) is 2.43. The summed E-state index contributed by atoms with van der Waals surface area (Å²) in [5.41, 5.74) is 0.289. The molecule has 8 heteroatoms. The lowest BCUT2D eigenvalue weighted by Gasteiger charge is -2.11. The minimum Gasteiger partial charge on any atom is -0.454 e. The summed E-state index contributed by atoms with van der Waals surface area (Å²) >= 11 is 0. The predicted octanol–water partition coefficient (Wildman–Crippen LogP) is 1.44. The fourth-order valence-corrected chi connectivity index (χ4v) is 4.04. The summed E-state index contributed by atoms with van der Waals surface area (Å²) in [6, 6.07) is 7.89. The van der Waals surface area contributed by atoms with Gasteiger partial charge in [0, 0.05) is 17.8 Å². The predicted molar refractivity (Wildman–Crippen MR) is 77.2 cm³/mol. The quantitative estimate of drug-likeness (QED) is 0.884. The van der Waals surface area contributed by atoms with Crippen LogP contribution in [0, 0.1) is 22.7 Å².